The molecule has 8 rings (SSSR count). The molecule has 1 aliphatic heterocycles. The number of benzene rings is 4. The van der Waals surface area contributed by atoms with Crippen molar-refractivity contribution in [3.8, 4) is 11.5 Å². The summed E-state index contributed by atoms with van der Waals surface area (Å²) in [7, 11) is -4.30. The third-order valence-corrected chi connectivity index (χ3v) is 14.1. The molecule has 0 spiro atoms. The Balaban J connectivity index is 0.981. The Morgan fingerprint density at radius 3 is 2.44 bits per heavy atom. The smallest absolute Gasteiger partial charge is 0.268 e. The van der Waals surface area contributed by atoms with Crippen LogP contribution in [0.3, 0.4) is 0 Å². The molecule has 0 unspecified atom stereocenters. The van der Waals surface area contributed by atoms with Gasteiger partial charge in [0.25, 0.3) is 15.9 Å². The van der Waals surface area contributed by atoms with Crippen LogP contribution in [0.15, 0.2) is 95.5 Å². The zero-order chi connectivity index (χ0) is 42.9. The van der Waals surface area contributed by atoms with E-state index in [1.54, 1.807) is 37.4 Å². The molecule has 1 amide bonds. The standard InChI is InChI=1S/C47H53ClF2N6O4S/c1-31-25-37(12-14-41(31)51-28-32-15-19-47(49,50)20-16-32)61(58,59)54-45(57)38-13-11-36(26-44(38)60-43-6-4-5-42-40(43)29-52-53-42)56-23-21-55(22-24-56)30-34-17-18-46(2,3)27-39(34)33-7-9-35(48)10-8-33/h4-14,25-26,29,32,51H,15-24,27-28,30H2,1-3H3,(H,52,53)(H,54,57). The summed E-state index contributed by atoms with van der Waals surface area (Å²) in [5.74, 6) is -2.64. The minimum Gasteiger partial charge on any atom is -0.456 e. The number of carbonyl (C=O) groups is 1. The second-order valence-corrected chi connectivity index (χ2v) is 19.8. The Morgan fingerprint density at radius 2 is 1.70 bits per heavy atom. The summed E-state index contributed by atoms with van der Waals surface area (Å²) in [6.45, 7) is 11.1. The van der Waals surface area contributed by atoms with Gasteiger partial charge in [-0.15, -0.1) is 0 Å². The molecule has 0 radical (unpaired) electrons. The highest BCUT2D eigenvalue weighted by Gasteiger charge is 2.35. The van der Waals surface area contributed by atoms with Crippen molar-refractivity contribution in [3.05, 3.63) is 112 Å². The molecule has 0 atom stereocenters. The van der Waals surface area contributed by atoms with Gasteiger partial charge >= 0.3 is 0 Å². The number of fused-ring (bicyclic) bond motifs is 1. The van der Waals surface area contributed by atoms with E-state index in [1.807, 2.05) is 30.3 Å². The van der Waals surface area contributed by atoms with Gasteiger partial charge in [-0.05, 0) is 122 Å². The van der Waals surface area contributed by atoms with Crippen molar-refractivity contribution in [2.24, 2.45) is 11.3 Å². The summed E-state index contributed by atoms with van der Waals surface area (Å²) >= 11 is 6.24. The number of carbonyl (C=O) groups excluding carboxylic acids is 1. The largest absolute Gasteiger partial charge is 0.456 e. The maximum Gasteiger partial charge on any atom is 0.268 e. The first kappa shape index (κ1) is 42.7. The van der Waals surface area contributed by atoms with Gasteiger partial charge in [0, 0.05) is 74.6 Å². The fourth-order valence-corrected chi connectivity index (χ4v) is 10.00. The normalized spacial score (nSPS) is 18.6. The first-order chi connectivity index (χ1) is 29.1. The van der Waals surface area contributed by atoms with Crippen LogP contribution in [0, 0.1) is 18.3 Å². The summed E-state index contributed by atoms with van der Waals surface area (Å²) in [5.41, 5.74) is 7.41. The minimum atomic E-state index is -4.30. The molecule has 4 aromatic carbocycles. The molecule has 10 nitrogen and oxygen atoms in total. The van der Waals surface area contributed by atoms with Crippen LogP contribution >= 0.6 is 11.6 Å². The predicted octanol–water partition coefficient (Wildman–Crippen LogP) is 10.5. The third-order valence-electron chi connectivity index (χ3n) is 12.6. The average Bonchev–Trinajstić information content (AvgIpc) is 3.72. The Bertz CT molecular complexity index is 2540. The van der Waals surface area contributed by atoms with E-state index in [2.05, 4.69) is 56.0 Å². The van der Waals surface area contributed by atoms with Crippen LogP contribution in [-0.2, 0) is 10.0 Å². The van der Waals surface area contributed by atoms with Gasteiger partial charge in [0.15, 0.2) is 0 Å². The van der Waals surface area contributed by atoms with Gasteiger partial charge in [-0.1, -0.05) is 49.2 Å². The van der Waals surface area contributed by atoms with Gasteiger partial charge in [0.1, 0.15) is 11.5 Å². The van der Waals surface area contributed by atoms with Crippen molar-refractivity contribution in [2.45, 2.75) is 76.5 Å². The molecule has 322 valence electrons. The Morgan fingerprint density at radius 1 is 0.951 bits per heavy atom. The number of H-pyrrole nitrogens is 1. The quantitative estimate of drug-likeness (QED) is 0.113. The summed E-state index contributed by atoms with van der Waals surface area (Å²) in [6.07, 6.45) is 5.51. The molecule has 2 fully saturated rings. The van der Waals surface area contributed by atoms with E-state index in [9.17, 15) is 22.0 Å². The van der Waals surface area contributed by atoms with Gasteiger partial charge in [-0.3, -0.25) is 14.8 Å². The highest BCUT2D eigenvalue weighted by molar-refractivity contribution is 7.90. The number of ether oxygens (including phenoxy) is 1. The van der Waals surface area contributed by atoms with Crippen LogP contribution in [-0.4, -0.2) is 74.6 Å². The number of aryl methyl sites for hydroxylation is 1. The van der Waals surface area contributed by atoms with Crippen LogP contribution in [0.25, 0.3) is 16.5 Å². The molecule has 0 bridgehead atoms. The summed E-state index contributed by atoms with van der Waals surface area (Å²) in [4.78, 5) is 18.7. The van der Waals surface area contributed by atoms with E-state index in [0.717, 1.165) is 68.2 Å². The van der Waals surface area contributed by atoms with Crippen molar-refractivity contribution >= 4 is 55.4 Å². The molecule has 3 N–H and O–H groups in total. The number of nitrogens with zero attached hydrogens (tertiary/aromatic N) is 3. The highest BCUT2D eigenvalue weighted by Crippen LogP contribution is 2.44. The Labute approximate surface area is 361 Å². The number of halogens is 3. The van der Waals surface area contributed by atoms with Gasteiger partial charge in [-0.2, -0.15) is 5.10 Å². The number of sulfonamides is 1. The molecule has 1 saturated heterocycles. The lowest BCUT2D eigenvalue weighted by Gasteiger charge is -2.39. The number of piperazine rings is 1. The second-order valence-electron chi connectivity index (χ2n) is 17.7. The maximum absolute atomic E-state index is 14.0. The van der Waals surface area contributed by atoms with Crippen LogP contribution in [0.5, 0.6) is 11.5 Å². The number of hydrogen-bond acceptors (Lipinski definition) is 8. The zero-order valence-electron chi connectivity index (χ0n) is 34.9. The summed E-state index contributed by atoms with van der Waals surface area (Å²) in [6, 6.07) is 23.5. The molecule has 3 aliphatic rings. The van der Waals surface area contributed by atoms with Gasteiger partial charge < -0.3 is 15.0 Å². The van der Waals surface area contributed by atoms with E-state index in [1.165, 1.54) is 28.8 Å². The van der Waals surface area contributed by atoms with Gasteiger partial charge in [-0.25, -0.2) is 21.9 Å². The van der Waals surface area contributed by atoms with Crippen molar-refractivity contribution in [1.82, 2.24) is 19.8 Å². The van der Waals surface area contributed by atoms with Crippen molar-refractivity contribution in [3.63, 3.8) is 0 Å². The first-order valence-corrected chi connectivity index (χ1v) is 23.0. The summed E-state index contributed by atoms with van der Waals surface area (Å²) in [5, 5.41) is 11.8. The predicted molar refractivity (Wildman–Crippen MR) is 238 cm³/mol. The first-order valence-electron chi connectivity index (χ1n) is 21.1. The lowest BCUT2D eigenvalue weighted by Crippen LogP contribution is -2.47. The van der Waals surface area contributed by atoms with E-state index in [0.29, 0.717) is 41.8 Å². The molecular weight excluding hydrogens is 818 g/mol. The van der Waals surface area contributed by atoms with Crippen LogP contribution in [0.1, 0.15) is 80.3 Å². The van der Waals surface area contributed by atoms with Crippen molar-refractivity contribution < 1.29 is 26.7 Å². The number of nitrogens with one attached hydrogen (secondary N) is 3. The highest BCUT2D eigenvalue weighted by atomic mass is 35.5. The topological polar surface area (TPSA) is 120 Å². The van der Waals surface area contributed by atoms with E-state index in [-0.39, 0.29) is 40.4 Å². The fourth-order valence-electron chi connectivity index (χ4n) is 8.82. The summed E-state index contributed by atoms with van der Waals surface area (Å²) < 4.78 is 63.4. The molecular formula is C47H53ClF2N6O4S. The molecule has 1 aromatic heterocycles. The van der Waals surface area contributed by atoms with Crippen LogP contribution in [0.4, 0.5) is 20.2 Å². The number of hydrogen-bond donors (Lipinski definition) is 3. The lowest BCUT2D eigenvalue weighted by molar-refractivity contribution is -0.0443. The fraction of sp³-hybridized carbons (Fsp3) is 0.404. The monoisotopic (exact) mass is 870 g/mol. The average molecular weight is 871 g/mol. The molecule has 2 aliphatic carbocycles. The second kappa shape index (κ2) is 17.4. The van der Waals surface area contributed by atoms with Crippen LogP contribution in [0.2, 0.25) is 5.02 Å². The number of aromatic nitrogens is 2. The number of allylic oxidation sites excluding steroid dienone is 1. The van der Waals surface area contributed by atoms with E-state index in [4.69, 9.17) is 16.3 Å². The Kier molecular flexibility index (Phi) is 12.2. The van der Waals surface area contributed by atoms with Crippen LogP contribution < -0.4 is 19.7 Å². The lowest BCUT2D eigenvalue weighted by atomic mass is 9.72. The number of alkyl halides is 2. The SMILES string of the molecule is Cc1cc(S(=O)(=O)NC(=O)c2ccc(N3CCN(CC4=C(c5ccc(Cl)cc5)CC(C)(C)CC4)CC3)cc2Oc2cccc3[nH]ncc23)ccc1NCC1CCC(F)(F)CC1. The Hall–Kier alpha value is -4.98. The van der Waals surface area contributed by atoms with Gasteiger partial charge in [0.2, 0.25) is 5.92 Å². The zero-order valence-corrected chi connectivity index (χ0v) is 36.4. The molecule has 61 heavy (non-hydrogen) atoms. The molecule has 5 aromatic rings. The third kappa shape index (κ3) is 10.1. The molecule has 14 heteroatoms. The number of rotatable bonds is 12. The number of anilines is 2. The molecule has 1 saturated carbocycles. The maximum atomic E-state index is 14.0. The minimum absolute atomic E-state index is 0.0569. The van der Waals surface area contributed by atoms with E-state index >= 15 is 0 Å². The van der Waals surface area contributed by atoms with Crippen molar-refractivity contribution in [1.29, 1.82) is 0 Å². The van der Waals surface area contributed by atoms with E-state index < -0.39 is 21.9 Å². The molecule has 2 heterocycles. The number of aromatic amines is 1. The van der Waals surface area contributed by atoms with Crippen molar-refractivity contribution in [2.75, 3.05) is 49.5 Å². The number of amides is 1. The van der Waals surface area contributed by atoms with Gasteiger partial charge in [0.05, 0.1) is 27.6 Å².